The van der Waals surface area contributed by atoms with Gasteiger partial charge in [-0.15, -0.1) is 0 Å². The van der Waals surface area contributed by atoms with E-state index in [1.54, 1.807) is 0 Å². The van der Waals surface area contributed by atoms with Gasteiger partial charge >= 0.3 is 0 Å². The van der Waals surface area contributed by atoms with Gasteiger partial charge in [-0.3, -0.25) is 4.79 Å². The summed E-state index contributed by atoms with van der Waals surface area (Å²) in [6, 6.07) is 0.395. The average Bonchev–Trinajstić information content (AvgIpc) is 2.88. The van der Waals surface area contributed by atoms with Gasteiger partial charge in [-0.2, -0.15) is 0 Å². The SMILES string of the molecule is CCC1CCC(NC(=O)C2(C)CCCN2)C1C. The Morgan fingerprint density at radius 1 is 1.47 bits per heavy atom. The van der Waals surface area contributed by atoms with Gasteiger partial charge in [0, 0.05) is 6.04 Å². The molecule has 3 heteroatoms. The fourth-order valence-electron chi connectivity index (χ4n) is 3.44. The van der Waals surface area contributed by atoms with E-state index in [4.69, 9.17) is 0 Å². The fourth-order valence-corrected chi connectivity index (χ4v) is 3.44. The van der Waals surface area contributed by atoms with Gasteiger partial charge in [0.15, 0.2) is 0 Å². The van der Waals surface area contributed by atoms with Crippen LogP contribution in [-0.2, 0) is 4.79 Å². The molecule has 4 unspecified atom stereocenters. The summed E-state index contributed by atoms with van der Waals surface area (Å²) in [7, 11) is 0. The van der Waals surface area contributed by atoms with Crippen molar-refractivity contribution in [1.29, 1.82) is 0 Å². The molecule has 1 aliphatic heterocycles. The Morgan fingerprint density at radius 3 is 2.76 bits per heavy atom. The second-order valence-corrected chi connectivity index (χ2v) is 6.05. The van der Waals surface area contributed by atoms with E-state index >= 15 is 0 Å². The maximum atomic E-state index is 12.3. The number of carbonyl (C=O) groups excluding carboxylic acids is 1. The first-order valence-electron chi connectivity index (χ1n) is 7.13. The molecular formula is C14H26N2O. The van der Waals surface area contributed by atoms with E-state index in [2.05, 4.69) is 24.5 Å². The monoisotopic (exact) mass is 238 g/mol. The van der Waals surface area contributed by atoms with Crippen molar-refractivity contribution in [3.8, 4) is 0 Å². The molecule has 1 saturated carbocycles. The molecule has 98 valence electrons. The molecule has 1 heterocycles. The Kier molecular flexibility index (Phi) is 3.76. The summed E-state index contributed by atoms with van der Waals surface area (Å²) in [5, 5.41) is 6.61. The van der Waals surface area contributed by atoms with Gasteiger partial charge in [0.05, 0.1) is 5.54 Å². The van der Waals surface area contributed by atoms with Crippen LogP contribution < -0.4 is 10.6 Å². The molecule has 0 spiro atoms. The predicted octanol–water partition coefficient (Wildman–Crippen LogP) is 2.07. The zero-order chi connectivity index (χ0) is 12.5. The molecule has 0 radical (unpaired) electrons. The summed E-state index contributed by atoms with van der Waals surface area (Å²) in [5.41, 5.74) is -0.315. The lowest BCUT2D eigenvalue weighted by atomic mass is 9.92. The van der Waals surface area contributed by atoms with Gasteiger partial charge in [0.2, 0.25) is 5.91 Å². The molecule has 0 aromatic carbocycles. The molecule has 0 aromatic heterocycles. The van der Waals surface area contributed by atoms with Crippen LogP contribution >= 0.6 is 0 Å². The molecule has 2 aliphatic rings. The Balaban J connectivity index is 1.91. The fraction of sp³-hybridized carbons (Fsp3) is 0.929. The third kappa shape index (κ3) is 2.49. The number of carbonyl (C=O) groups is 1. The summed E-state index contributed by atoms with van der Waals surface area (Å²) in [6.45, 7) is 7.55. The minimum absolute atomic E-state index is 0.212. The van der Waals surface area contributed by atoms with Crippen LogP contribution in [0.15, 0.2) is 0 Å². The summed E-state index contributed by atoms with van der Waals surface area (Å²) in [6.07, 6.45) is 5.75. The van der Waals surface area contributed by atoms with Crippen LogP contribution in [0.25, 0.3) is 0 Å². The first-order valence-corrected chi connectivity index (χ1v) is 7.13. The van der Waals surface area contributed by atoms with Crippen LogP contribution in [0.2, 0.25) is 0 Å². The van der Waals surface area contributed by atoms with E-state index in [1.807, 2.05) is 6.92 Å². The lowest BCUT2D eigenvalue weighted by Crippen LogP contribution is -2.54. The molecule has 4 atom stereocenters. The summed E-state index contributed by atoms with van der Waals surface area (Å²) >= 11 is 0. The Hall–Kier alpha value is -0.570. The molecule has 1 saturated heterocycles. The number of nitrogens with one attached hydrogen (secondary N) is 2. The maximum absolute atomic E-state index is 12.3. The van der Waals surface area contributed by atoms with Crippen LogP contribution in [0.5, 0.6) is 0 Å². The van der Waals surface area contributed by atoms with Crippen LogP contribution in [0.1, 0.15) is 52.9 Å². The number of amides is 1. The number of hydrogen-bond donors (Lipinski definition) is 2. The summed E-state index contributed by atoms with van der Waals surface area (Å²) < 4.78 is 0. The van der Waals surface area contributed by atoms with Gasteiger partial charge < -0.3 is 10.6 Å². The lowest BCUT2D eigenvalue weighted by Gasteiger charge is -2.28. The van der Waals surface area contributed by atoms with Gasteiger partial charge in [0.1, 0.15) is 0 Å². The smallest absolute Gasteiger partial charge is 0.240 e. The molecule has 2 fully saturated rings. The predicted molar refractivity (Wildman–Crippen MR) is 69.8 cm³/mol. The van der Waals surface area contributed by atoms with Crippen LogP contribution in [0.3, 0.4) is 0 Å². The molecule has 2 N–H and O–H groups in total. The van der Waals surface area contributed by atoms with E-state index in [1.165, 1.54) is 12.8 Å². The van der Waals surface area contributed by atoms with E-state index in [0.717, 1.165) is 31.7 Å². The molecule has 3 nitrogen and oxygen atoms in total. The number of rotatable bonds is 3. The van der Waals surface area contributed by atoms with Gasteiger partial charge in [0.25, 0.3) is 0 Å². The standard InChI is InChI=1S/C14H26N2O/c1-4-11-6-7-12(10(11)2)16-13(17)14(3)8-5-9-15-14/h10-12,15H,4-9H2,1-3H3,(H,16,17). The Morgan fingerprint density at radius 2 is 2.24 bits per heavy atom. The molecule has 2 rings (SSSR count). The van der Waals surface area contributed by atoms with Crippen LogP contribution in [0.4, 0.5) is 0 Å². The first kappa shape index (κ1) is 12.9. The lowest BCUT2D eigenvalue weighted by molar-refractivity contribution is -0.127. The minimum atomic E-state index is -0.315. The van der Waals surface area contributed by atoms with Crippen molar-refractivity contribution in [2.75, 3.05) is 6.54 Å². The van der Waals surface area contributed by atoms with Crippen molar-refractivity contribution in [2.45, 2.75) is 64.5 Å². The van der Waals surface area contributed by atoms with Crippen molar-refractivity contribution in [1.82, 2.24) is 10.6 Å². The largest absolute Gasteiger partial charge is 0.351 e. The normalized spacial score (nSPS) is 41.7. The minimum Gasteiger partial charge on any atom is -0.351 e. The van der Waals surface area contributed by atoms with E-state index in [-0.39, 0.29) is 11.4 Å². The number of hydrogen-bond acceptors (Lipinski definition) is 2. The quantitative estimate of drug-likeness (QED) is 0.790. The van der Waals surface area contributed by atoms with Gasteiger partial charge in [-0.1, -0.05) is 20.3 Å². The second kappa shape index (κ2) is 4.97. The maximum Gasteiger partial charge on any atom is 0.240 e. The topological polar surface area (TPSA) is 41.1 Å². The first-order chi connectivity index (χ1) is 8.07. The van der Waals surface area contributed by atoms with Gasteiger partial charge in [-0.05, 0) is 51.0 Å². The summed E-state index contributed by atoms with van der Waals surface area (Å²) in [4.78, 5) is 12.3. The third-order valence-corrected chi connectivity index (χ3v) is 4.94. The van der Waals surface area contributed by atoms with Crippen LogP contribution in [-0.4, -0.2) is 24.0 Å². The Bertz CT molecular complexity index is 284. The van der Waals surface area contributed by atoms with Crippen LogP contribution in [0, 0.1) is 11.8 Å². The highest BCUT2D eigenvalue weighted by Crippen LogP contribution is 2.34. The third-order valence-electron chi connectivity index (χ3n) is 4.94. The van der Waals surface area contributed by atoms with Crippen molar-refractivity contribution >= 4 is 5.91 Å². The highest BCUT2D eigenvalue weighted by molar-refractivity contribution is 5.86. The molecule has 0 aromatic rings. The molecule has 17 heavy (non-hydrogen) atoms. The van der Waals surface area contributed by atoms with E-state index in [0.29, 0.717) is 12.0 Å². The zero-order valence-electron chi connectivity index (χ0n) is 11.4. The molecule has 0 bridgehead atoms. The molecule has 1 amide bonds. The van der Waals surface area contributed by atoms with E-state index < -0.39 is 0 Å². The zero-order valence-corrected chi connectivity index (χ0v) is 11.4. The van der Waals surface area contributed by atoms with Crippen molar-refractivity contribution < 1.29 is 4.79 Å². The van der Waals surface area contributed by atoms with Crippen molar-refractivity contribution in [3.05, 3.63) is 0 Å². The summed E-state index contributed by atoms with van der Waals surface area (Å²) in [5.74, 6) is 1.64. The highest BCUT2D eigenvalue weighted by atomic mass is 16.2. The highest BCUT2D eigenvalue weighted by Gasteiger charge is 2.39. The molecular weight excluding hydrogens is 212 g/mol. The second-order valence-electron chi connectivity index (χ2n) is 6.05. The van der Waals surface area contributed by atoms with Gasteiger partial charge in [-0.25, -0.2) is 0 Å². The van der Waals surface area contributed by atoms with Crippen molar-refractivity contribution in [2.24, 2.45) is 11.8 Å². The van der Waals surface area contributed by atoms with Crippen molar-refractivity contribution in [3.63, 3.8) is 0 Å². The van der Waals surface area contributed by atoms with E-state index in [9.17, 15) is 4.79 Å². The molecule has 1 aliphatic carbocycles. The average molecular weight is 238 g/mol. The Labute approximate surface area is 105 Å².